The van der Waals surface area contributed by atoms with Gasteiger partial charge in [-0.3, -0.25) is 0 Å². The summed E-state index contributed by atoms with van der Waals surface area (Å²) in [7, 11) is 0. The van der Waals surface area contributed by atoms with E-state index < -0.39 is 0 Å². The number of aliphatic hydroxyl groups excluding tert-OH is 1. The summed E-state index contributed by atoms with van der Waals surface area (Å²) >= 11 is 0. The van der Waals surface area contributed by atoms with Gasteiger partial charge in [-0.15, -0.1) is 0 Å². The molecule has 1 saturated heterocycles. The number of furan rings is 1. The Morgan fingerprint density at radius 1 is 1.50 bits per heavy atom. The van der Waals surface area contributed by atoms with Crippen molar-refractivity contribution in [3.8, 4) is 0 Å². The molecule has 1 aromatic rings. The summed E-state index contributed by atoms with van der Waals surface area (Å²) in [5, 5.41) is 9.36. The standard InChI is InChI=1S/C9H12O3/c10-7-3-5-12-9(6-7)8-2-1-4-11-8/h1-2,4,7,9-10H,3,5-6H2. The third kappa shape index (κ3) is 1.52. The molecule has 66 valence electrons. The zero-order valence-electron chi connectivity index (χ0n) is 6.77. The van der Waals surface area contributed by atoms with Crippen LogP contribution in [0.3, 0.4) is 0 Å². The van der Waals surface area contributed by atoms with Crippen molar-refractivity contribution < 1.29 is 14.3 Å². The molecular weight excluding hydrogens is 156 g/mol. The van der Waals surface area contributed by atoms with E-state index in [2.05, 4.69) is 0 Å². The van der Waals surface area contributed by atoms with Crippen molar-refractivity contribution in [1.82, 2.24) is 0 Å². The summed E-state index contributed by atoms with van der Waals surface area (Å²) in [4.78, 5) is 0. The van der Waals surface area contributed by atoms with Crippen LogP contribution in [-0.2, 0) is 4.74 Å². The summed E-state index contributed by atoms with van der Waals surface area (Å²) in [5.74, 6) is 0.814. The second-order valence-electron chi connectivity index (χ2n) is 3.05. The van der Waals surface area contributed by atoms with Gasteiger partial charge in [0.05, 0.1) is 19.0 Å². The topological polar surface area (TPSA) is 42.6 Å². The highest BCUT2D eigenvalue weighted by atomic mass is 16.5. The quantitative estimate of drug-likeness (QED) is 0.690. The third-order valence-electron chi connectivity index (χ3n) is 2.12. The Morgan fingerprint density at radius 2 is 2.42 bits per heavy atom. The lowest BCUT2D eigenvalue weighted by Gasteiger charge is -2.24. The van der Waals surface area contributed by atoms with Gasteiger partial charge < -0.3 is 14.3 Å². The van der Waals surface area contributed by atoms with Crippen LogP contribution in [0.25, 0.3) is 0 Å². The Labute approximate surface area is 71.0 Å². The van der Waals surface area contributed by atoms with E-state index in [0.717, 1.165) is 12.2 Å². The molecule has 3 nitrogen and oxygen atoms in total. The van der Waals surface area contributed by atoms with Gasteiger partial charge in [0, 0.05) is 6.42 Å². The Balaban J connectivity index is 2.04. The molecule has 12 heavy (non-hydrogen) atoms. The first kappa shape index (κ1) is 7.83. The molecule has 2 unspecified atom stereocenters. The SMILES string of the molecule is OC1CCOC(c2ccco2)C1. The zero-order chi connectivity index (χ0) is 8.39. The largest absolute Gasteiger partial charge is 0.467 e. The molecule has 2 atom stereocenters. The summed E-state index contributed by atoms with van der Waals surface area (Å²) in [6, 6.07) is 3.71. The highest BCUT2D eigenvalue weighted by molar-refractivity contribution is 5.03. The van der Waals surface area contributed by atoms with Crippen molar-refractivity contribution in [2.24, 2.45) is 0 Å². The van der Waals surface area contributed by atoms with Gasteiger partial charge in [0.1, 0.15) is 11.9 Å². The van der Waals surface area contributed by atoms with Gasteiger partial charge in [0.2, 0.25) is 0 Å². The maximum absolute atomic E-state index is 9.36. The lowest BCUT2D eigenvalue weighted by Crippen LogP contribution is -2.22. The van der Waals surface area contributed by atoms with E-state index in [9.17, 15) is 5.11 Å². The van der Waals surface area contributed by atoms with Crippen LogP contribution in [0.2, 0.25) is 0 Å². The highest BCUT2D eigenvalue weighted by Gasteiger charge is 2.23. The number of hydrogen-bond donors (Lipinski definition) is 1. The molecule has 0 amide bonds. The van der Waals surface area contributed by atoms with Crippen molar-refractivity contribution in [2.75, 3.05) is 6.61 Å². The summed E-state index contributed by atoms with van der Waals surface area (Å²) in [6.45, 7) is 0.618. The number of aliphatic hydroxyl groups is 1. The molecular formula is C9H12O3. The molecule has 0 aromatic carbocycles. The average Bonchev–Trinajstić information content (AvgIpc) is 2.56. The van der Waals surface area contributed by atoms with Crippen LogP contribution in [0, 0.1) is 0 Å². The van der Waals surface area contributed by atoms with Crippen LogP contribution >= 0.6 is 0 Å². The molecule has 0 radical (unpaired) electrons. The molecule has 2 heterocycles. The molecule has 0 bridgehead atoms. The predicted molar refractivity (Wildman–Crippen MR) is 42.6 cm³/mol. The molecule has 1 N–H and O–H groups in total. The van der Waals surface area contributed by atoms with E-state index >= 15 is 0 Å². The first-order valence-corrected chi connectivity index (χ1v) is 4.19. The van der Waals surface area contributed by atoms with Crippen LogP contribution in [0.15, 0.2) is 22.8 Å². The molecule has 1 aliphatic heterocycles. The monoisotopic (exact) mass is 168 g/mol. The minimum Gasteiger partial charge on any atom is -0.467 e. The smallest absolute Gasteiger partial charge is 0.132 e. The first-order chi connectivity index (χ1) is 5.86. The average molecular weight is 168 g/mol. The Kier molecular flexibility index (Phi) is 2.15. The molecule has 1 aromatic heterocycles. The fraction of sp³-hybridized carbons (Fsp3) is 0.556. The first-order valence-electron chi connectivity index (χ1n) is 4.19. The molecule has 0 saturated carbocycles. The molecule has 0 aliphatic carbocycles. The molecule has 2 rings (SSSR count). The molecule has 1 aliphatic rings. The predicted octanol–water partition coefficient (Wildman–Crippen LogP) is 1.49. The maximum Gasteiger partial charge on any atom is 0.132 e. The highest BCUT2D eigenvalue weighted by Crippen LogP contribution is 2.27. The van der Waals surface area contributed by atoms with Crippen molar-refractivity contribution in [3.05, 3.63) is 24.2 Å². The van der Waals surface area contributed by atoms with Crippen molar-refractivity contribution in [2.45, 2.75) is 25.0 Å². The van der Waals surface area contributed by atoms with Crippen LogP contribution in [0.4, 0.5) is 0 Å². The summed E-state index contributed by atoms with van der Waals surface area (Å²) < 4.78 is 10.6. The Morgan fingerprint density at radius 3 is 3.08 bits per heavy atom. The van der Waals surface area contributed by atoms with Gasteiger partial charge in [-0.25, -0.2) is 0 Å². The number of rotatable bonds is 1. The van der Waals surface area contributed by atoms with Crippen molar-refractivity contribution in [1.29, 1.82) is 0 Å². The van der Waals surface area contributed by atoms with Gasteiger partial charge >= 0.3 is 0 Å². The molecule has 3 heteroatoms. The second-order valence-corrected chi connectivity index (χ2v) is 3.05. The van der Waals surface area contributed by atoms with Gasteiger partial charge in [-0.05, 0) is 18.6 Å². The maximum atomic E-state index is 9.36. The van der Waals surface area contributed by atoms with E-state index in [1.54, 1.807) is 6.26 Å². The number of hydrogen-bond acceptors (Lipinski definition) is 3. The molecule has 0 spiro atoms. The fourth-order valence-electron chi connectivity index (χ4n) is 1.45. The second kappa shape index (κ2) is 3.29. The van der Waals surface area contributed by atoms with Crippen molar-refractivity contribution in [3.63, 3.8) is 0 Å². The minimum atomic E-state index is -0.242. The minimum absolute atomic E-state index is 0.0521. The van der Waals surface area contributed by atoms with Gasteiger partial charge in [-0.2, -0.15) is 0 Å². The summed E-state index contributed by atoms with van der Waals surface area (Å²) in [5.41, 5.74) is 0. The number of ether oxygens (including phenoxy) is 1. The van der Waals surface area contributed by atoms with E-state index in [-0.39, 0.29) is 12.2 Å². The normalized spacial score (nSPS) is 30.4. The van der Waals surface area contributed by atoms with Crippen LogP contribution in [0.5, 0.6) is 0 Å². The fourth-order valence-corrected chi connectivity index (χ4v) is 1.45. The van der Waals surface area contributed by atoms with Gasteiger partial charge in [0.15, 0.2) is 0 Å². The van der Waals surface area contributed by atoms with E-state index in [4.69, 9.17) is 9.15 Å². The Bertz CT molecular complexity index is 230. The summed E-state index contributed by atoms with van der Waals surface area (Å²) in [6.07, 6.45) is 2.71. The molecule has 1 fully saturated rings. The van der Waals surface area contributed by atoms with Crippen molar-refractivity contribution >= 4 is 0 Å². The van der Waals surface area contributed by atoms with E-state index in [1.165, 1.54) is 0 Å². The van der Waals surface area contributed by atoms with Gasteiger partial charge in [0.25, 0.3) is 0 Å². The lowest BCUT2D eigenvalue weighted by atomic mass is 10.0. The van der Waals surface area contributed by atoms with Crippen LogP contribution in [-0.4, -0.2) is 17.8 Å². The zero-order valence-corrected chi connectivity index (χ0v) is 6.77. The van der Waals surface area contributed by atoms with Crippen LogP contribution in [0.1, 0.15) is 24.7 Å². The lowest BCUT2D eigenvalue weighted by molar-refractivity contribution is -0.0536. The Hall–Kier alpha value is -0.800. The van der Waals surface area contributed by atoms with E-state index in [1.807, 2.05) is 12.1 Å². The third-order valence-corrected chi connectivity index (χ3v) is 2.12. The van der Waals surface area contributed by atoms with Crippen LogP contribution < -0.4 is 0 Å². The van der Waals surface area contributed by atoms with E-state index in [0.29, 0.717) is 13.0 Å². The van der Waals surface area contributed by atoms with Gasteiger partial charge in [-0.1, -0.05) is 0 Å².